The fourth-order valence-corrected chi connectivity index (χ4v) is 1.84. The Morgan fingerprint density at radius 2 is 2.00 bits per heavy atom. The molecule has 1 aromatic carbocycles. The molecule has 3 nitrogen and oxygen atoms in total. The summed E-state index contributed by atoms with van der Waals surface area (Å²) in [5.74, 6) is -0.917. The molecule has 112 valence electrons. The zero-order valence-electron chi connectivity index (χ0n) is 11.4. The molecule has 1 rings (SSSR count). The summed E-state index contributed by atoms with van der Waals surface area (Å²) in [4.78, 5) is 12.4. The van der Waals surface area contributed by atoms with Gasteiger partial charge in [-0.1, -0.05) is 18.2 Å². The van der Waals surface area contributed by atoms with Crippen molar-refractivity contribution in [3.8, 4) is 0 Å². The topological polar surface area (TPSA) is 40.5 Å². The van der Waals surface area contributed by atoms with Gasteiger partial charge in [0.15, 0.2) is 0 Å². The highest BCUT2D eigenvalue weighted by atomic mass is 19.4. The molecule has 0 saturated carbocycles. The molecule has 0 amide bonds. The highest BCUT2D eigenvalue weighted by molar-refractivity contribution is 5.66. The first-order valence-electron chi connectivity index (χ1n) is 6.32. The zero-order valence-corrected chi connectivity index (χ0v) is 11.4. The van der Waals surface area contributed by atoms with Crippen molar-refractivity contribution >= 4 is 5.97 Å². The minimum atomic E-state index is -4.36. The van der Waals surface area contributed by atoms with Gasteiger partial charge in [0.1, 0.15) is 0 Å². The predicted molar refractivity (Wildman–Crippen MR) is 69.2 cm³/mol. The number of carbonyl (C=O) groups is 1. The summed E-state index contributed by atoms with van der Waals surface area (Å²) < 4.78 is 37.9. The third-order valence-electron chi connectivity index (χ3n) is 2.98. The van der Waals surface area contributed by atoms with E-state index in [0.29, 0.717) is 18.7 Å². The van der Waals surface area contributed by atoms with Crippen LogP contribution >= 0.6 is 0 Å². The molecule has 20 heavy (non-hydrogen) atoms. The highest BCUT2D eigenvalue weighted by Crippen LogP contribution is 2.29. The van der Waals surface area contributed by atoms with Gasteiger partial charge in [0.25, 0.3) is 0 Å². The highest BCUT2D eigenvalue weighted by Gasteiger charge is 2.30. The van der Waals surface area contributed by atoms with Crippen molar-refractivity contribution in [3.05, 3.63) is 35.4 Å². The first-order chi connectivity index (χ1) is 9.20. The normalized spacial score (nSPS) is 12.2. The van der Waals surface area contributed by atoms with E-state index in [0.717, 1.165) is 12.1 Å². The molecule has 0 spiro atoms. The summed E-state index contributed by atoms with van der Waals surface area (Å²) >= 11 is 0. The third-order valence-corrected chi connectivity index (χ3v) is 2.98. The molecule has 1 aromatic rings. The van der Waals surface area contributed by atoms with Crippen molar-refractivity contribution in [1.82, 2.24) is 4.90 Å². The monoisotopic (exact) mass is 289 g/mol. The Morgan fingerprint density at radius 1 is 1.35 bits per heavy atom. The van der Waals surface area contributed by atoms with E-state index in [4.69, 9.17) is 5.11 Å². The van der Waals surface area contributed by atoms with Crippen LogP contribution in [0.3, 0.4) is 0 Å². The average molecular weight is 289 g/mol. The van der Waals surface area contributed by atoms with E-state index >= 15 is 0 Å². The van der Waals surface area contributed by atoms with Crippen LogP contribution in [0.25, 0.3) is 0 Å². The summed E-state index contributed by atoms with van der Waals surface area (Å²) in [5, 5.41) is 8.69. The Bertz CT molecular complexity index is 458. The van der Waals surface area contributed by atoms with Gasteiger partial charge in [0.05, 0.1) is 12.0 Å². The molecule has 0 aromatic heterocycles. The summed E-state index contributed by atoms with van der Waals surface area (Å²) in [6.45, 7) is 4.38. The number of rotatable bonds is 6. The molecule has 0 aliphatic carbocycles. The minimum absolute atomic E-state index is 0.0306. The van der Waals surface area contributed by atoms with Gasteiger partial charge in [-0.25, -0.2) is 0 Å². The lowest BCUT2D eigenvalue weighted by atomic mass is 10.1. The van der Waals surface area contributed by atoms with E-state index in [9.17, 15) is 18.0 Å². The Labute approximate surface area is 116 Å². The lowest BCUT2D eigenvalue weighted by molar-refractivity contribution is -0.138. The Morgan fingerprint density at radius 3 is 2.50 bits per heavy atom. The van der Waals surface area contributed by atoms with E-state index in [1.54, 1.807) is 6.07 Å². The molecule has 1 N–H and O–H groups in total. The summed E-state index contributed by atoms with van der Waals surface area (Å²) in [6.07, 6.45) is -4.39. The van der Waals surface area contributed by atoms with Gasteiger partial charge in [-0.3, -0.25) is 9.69 Å². The van der Waals surface area contributed by atoms with Crippen LogP contribution in [0.2, 0.25) is 0 Å². The van der Waals surface area contributed by atoms with Crippen LogP contribution in [-0.2, 0) is 17.5 Å². The van der Waals surface area contributed by atoms with Crippen LogP contribution in [-0.4, -0.2) is 28.6 Å². The van der Waals surface area contributed by atoms with Crippen LogP contribution in [0.4, 0.5) is 13.2 Å². The van der Waals surface area contributed by atoms with E-state index in [2.05, 4.69) is 0 Å². The van der Waals surface area contributed by atoms with Crippen LogP contribution in [0.1, 0.15) is 31.4 Å². The molecule has 0 saturated heterocycles. The smallest absolute Gasteiger partial charge is 0.416 e. The van der Waals surface area contributed by atoms with Crippen molar-refractivity contribution in [2.24, 2.45) is 0 Å². The largest absolute Gasteiger partial charge is 0.481 e. The molecule has 0 bridgehead atoms. The Kier molecular flexibility index (Phi) is 5.56. The van der Waals surface area contributed by atoms with Crippen LogP contribution in [0, 0.1) is 0 Å². The number of nitrogens with zero attached hydrogens (tertiary/aromatic N) is 1. The number of aliphatic carboxylic acids is 1. The van der Waals surface area contributed by atoms with E-state index in [1.807, 2.05) is 18.7 Å². The maximum absolute atomic E-state index is 12.6. The Balaban J connectivity index is 2.81. The molecule has 0 unspecified atom stereocenters. The van der Waals surface area contributed by atoms with Crippen molar-refractivity contribution in [3.63, 3.8) is 0 Å². The number of hydrogen-bond donors (Lipinski definition) is 1. The third kappa shape index (κ3) is 5.21. The van der Waals surface area contributed by atoms with Gasteiger partial charge in [-0.2, -0.15) is 13.2 Å². The average Bonchev–Trinajstić information content (AvgIpc) is 2.33. The van der Waals surface area contributed by atoms with Crippen molar-refractivity contribution in [2.45, 2.75) is 39.0 Å². The standard InChI is InChI=1S/C14H18F3NO2/c1-10(2)18(7-6-13(19)20)9-11-4-3-5-12(8-11)14(15,16)17/h3-5,8,10H,6-7,9H2,1-2H3,(H,19,20). The molecule has 0 heterocycles. The molecular weight excluding hydrogens is 271 g/mol. The second-order valence-electron chi connectivity index (χ2n) is 4.91. The van der Waals surface area contributed by atoms with Crippen molar-refractivity contribution in [2.75, 3.05) is 6.54 Å². The van der Waals surface area contributed by atoms with Crippen molar-refractivity contribution < 1.29 is 23.1 Å². The van der Waals surface area contributed by atoms with Crippen LogP contribution < -0.4 is 0 Å². The number of carboxylic acids is 1. The maximum atomic E-state index is 12.6. The van der Waals surface area contributed by atoms with E-state index < -0.39 is 17.7 Å². The van der Waals surface area contributed by atoms with Gasteiger partial charge < -0.3 is 5.11 Å². The summed E-state index contributed by atoms with van der Waals surface area (Å²) in [6, 6.07) is 5.18. The number of halogens is 3. The number of hydrogen-bond acceptors (Lipinski definition) is 2. The molecule has 0 aliphatic heterocycles. The maximum Gasteiger partial charge on any atom is 0.416 e. The summed E-state index contributed by atoms with van der Waals surface area (Å²) in [5.41, 5.74) is -0.157. The number of carboxylic acid groups (broad SMARTS) is 1. The van der Waals surface area contributed by atoms with Crippen molar-refractivity contribution in [1.29, 1.82) is 0 Å². The lowest BCUT2D eigenvalue weighted by Gasteiger charge is -2.26. The molecule has 0 fully saturated rings. The minimum Gasteiger partial charge on any atom is -0.481 e. The molecule has 0 radical (unpaired) electrons. The predicted octanol–water partition coefficient (Wildman–Crippen LogP) is 3.39. The van der Waals surface area contributed by atoms with Gasteiger partial charge in [-0.15, -0.1) is 0 Å². The molecule has 0 atom stereocenters. The fourth-order valence-electron chi connectivity index (χ4n) is 1.84. The number of benzene rings is 1. The van der Waals surface area contributed by atoms with Gasteiger partial charge in [0, 0.05) is 19.1 Å². The van der Waals surface area contributed by atoms with E-state index in [-0.39, 0.29) is 12.5 Å². The summed E-state index contributed by atoms with van der Waals surface area (Å²) in [7, 11) is 0. The first kappa shape index (κ1) is 16.5. The zero-order chi connectivity index (χ0) is 15.3. The van der Waals surface area contributed by atoms with E-state index in [1.165, 1.54) is 6.07 Å². The molecule has 0 aliphatic rings. The van der Waals surface area contributed by atoms with Crippen LogP contribution in [0.15, 0.2) is 24.3 Å². The van der Waals surface area contributed by atoms with Gasteiger partial charge in [-0.05, 0) is 25.5 Å². The second kappa shape index (κ2) is 6.74. The van der Waals surface area contributed by atoms with Crippen LogP contribution in [0.5, 0.6) is 0 Å². The quantitative estimate of drug-likeness (QED) is 0.872. The first-order valence-corrected chi connectivity index (χ1v) is 6.32. The molecular formula is C14H18F3NO2. The lowest BCUT2D eigenvalue weighted by Crippen LogP contribution is -2.32. The number of alkyl halides is 3. The fraction of sp³-hybridized carbons (Fsp3) is 0.500. The van der Waals surface area contributed by atoms with Gasteiger partial charge in [0.2, 0.25) is 0 Å². The molecule has 6 heteroatoms. The Hall–Kier alpha value is -1.56. The SMILES string of the molecule is CC(C)N(CCC(=O)O)Cc1cccc(C(F)(F)F)c1. The van der Waals surface area contributed by atoms with Gasteiger partial charge >= 0.3 is 12.1 Å². The second-order valence-corrected chi connectivity index (χ2v) is 4.91.